The van der Waals surface area contributed by atoms with Crippen LogP contribution in [0.3, 0.4) is 0 Å². The van der Waals surface area contributed by atoms with Gasteiger partial charge in [0.15, 0.2) is 0 Å². The molecule has 10 aromatic carbocycles. The van der Waals surface area contributed by atoms with Gasteiger partial charge in [0.25, 0.3) is 6.33 Å². The predicted molar refractivity (Wildman–Crippen MR) is 346 cm³/mol. The Morgan fingerprint density at radius 2 is 1.02 bits per heavy atom. The molecule has 0 unspecified atom stereocenters. The van der Waals surface area contributed by atoms with Crippen molar-refractivity contribution in [3.63, 3.8) is 0 Å². The fourth-order valence-electron chi connectivity index (χ4n) is 12.3. The molecule has 418 valence electrons. The molecule has 0 spiro atoms. The van der Waals surface area contributed by atoms with Crippen molar-refractivity contribution < 1.29 is 41.3 Å². The average Bonchev–Trinajstić information content (AvgIpc) is 1.53. The molecule has 0 bridgehead atoms. The van der Waals surface area contributed by atoms with Crippen LogP contribution in [-0.4, -0.2) is 18.7 Å². The number of para-hydroxylation sites is 3. The Balaban J connectivity index is 0.00000749. The first-order chi connectivity index (χ1) is 43.9. The summed E-state index contributed by atoms with van der Waals surface area (Å²) >= 11 is 0. The summed E-state index contributed by atoms with van der Waals surface area (Å²) in [6.45, 7) is 19.4. The normalized spacial score (nSPS) is 13.8. The summed E-state index contributed by atoms with van der Waals surface area (Å²) in [6.07, 6.45) is 5.70. The third kappa shape index (κ3) is 8.95. The van der Waals surface area contributed by atoms with E-state index in [0.29, 0.717) is 56.3 Å². The fraction of sp³-hybridized carbons (Fsp3) is 0.154. The van der Waals surface area contributed by atoms with Crippen LogP contribution in [0.25, 0.3) is 122 Å². The van der Waals surface area contributed by atoms with Crippen LogP contribution < -0.4 is 9.30 Å². The van der Waals surface area contributed by atoms with E-state index in [-0.39, 0.29) is 66.2 Å². The van der Waals surface area contributed by atoms with E-state index in [1.54, 1.807) is 0 Å². The fourth-order valence-corrected chi connectivity index (χ4v) is 12.3. The molecule has 4 aromatic heterocycles. The van der Waals surface area contributed by atoms with Gasteiger partial charge >= 0.3 is 0 Å². The van der Waals surface area contributed by atoms with Gasteiger partial charge in [0.05, 0.1) is 44.4 Å². The topological polar surface area (TPSA) is 40.8 Å². The minimum absolute atomic E-state index is 0. The van der Waals surface area contributed by atoms with Gasteiger partial charge in [-0.2, -0.15) is 18.2 Å². The number of nitrogens with zero attached hydrogens (tertiary/aromatic N) is 5. The van der Waals surface area contributed by atoms with Crippen LogP contribution in [0.15, 0.2) is 218 Å². The second kappa shape index (κ2) is 20.0. The van der Waals surface area contributed by atoms with Gasteiger partial charge in [0.2, 0.25) is 0 Å². The molecule has 14 aromatic rings. The van der Waals surface area contributed by atoms with Crippen molar-refractivity contribution in [2.24, 2.45) is 0 Å². The van der Waals surface area contributed by atoms with Crippen LogP contribution >= 0.6 is 0 Å². The minimum atomic E-state index is -0.555. The number of aromatic nitrogens is 5. The number of hydrogen-bond donors (Lipinski definition) is 0. The maximum absolute atomic E-state index is 10.2. The SMILES string of the molecule is [2H]c1c([2H])c([2H])c2c(c1[2H])-c1cc(C(C)(C)C)cc(-n3c4ccccc4c4ccccc43)c1-[n+]1[c-]n(-c3[c-]c(Oc4[c-]c5c(cc4)c4ccccc4n5-c4cc(C(C)(C)C)ccn4)ccc3)c3cc(-c4ccc(C(C)(C)C)cc4)cc(c31)-c1c([2H])c([2H])c([2H])c([2H])c1-2.[Pt]. The van der Waals surface area contributed by atoms with Gasteiger partial charge in [-0.05, 0) is 131 Å². The Morgan fingerprint density at radius 1 is 0.459 bits per heavy atom. The van der Waals surface area contributed by atoms with Crippen molar-refractivity contribution in [3.05, 3.63) is 253 Å². The van der Waals surface area contributed by atoms with E-state index >= 15 is 0 Å². The number of rotatable bonds is 6. The van der Waals surface area contributed by atoms with Crippen molar-refractivity contribution in [2.75, 3.05) is 0 Å². The molecular formula is C78H63N5OPt-2. The van der Waals surface area contributed by atoms with Crippen LogP contribution in [0.1, 0.15) is 90.0 Å². The van der Waals surface area contributed by atoms with Crippen molar-refractivity contribution in [1.82, 2.24) is 18.7 Å². The Bertz CT molecular complexity index is 5440. The molecule has 0 radical (unpaired) electrons. The van der Waals surface area contributed by atoms with Crippen LogP contribution in [0.4, 0.5) is 0 Å². The summed E-state index contributed by atoms with van der Waals surface area (Å²) in [5, 5.41) is 4.02. The van der Waals surface area contributed by atoms with Crippen molar-refractivity contribution in [1.29, 1.82) is 0 Å². The molecule has 1 aliphatic heterocycles. The number of pyridine rings is 1. The summed E-state index contributed by atoms with van der Waals surface area (Å²) in [5.74, 6) is 1.57. The molecule has 7 heteroatoms. The van der Waals surface area contributed by atoms with Crippen molar-refractivity contribution >= 4 is 54.6 Å². The van der Waals surface area contributed by atoms with E-state index in [2.05, 4.69) is 181 Å². The van der Waals surface area contributed by atoms with Crippen LogP contribution in [-0.2, 0) is 37.3 Å². The number of imidazole rings is 1. The summed E-state index contributed by atoms with van der Waals surface area (Å²) in [7, 11) is 0. The molecule has 0 fully saturated rings. The number of hydrogen-bond acceptors (Lipinski definition) is 2. The first kappa shape index (κ1) is 45.4. The second-order valence-corrected chi connectivity index (χ2v) is 25.1. The van der Waals surface area contributed by atoms with Crippen LogP contribution in [0.2, 0.25) is 0 Å². The van der Waals surface area contributed by atoms with Gasteiger partial charge in [-0.25, -0.2) is 4.98 Å². The number of benzene rings is 10. The summed E-state index contributed by atoms with van der Waals surface area (Å²) in [5.41, 5.74) is 10.8. The molecular weight excluding hydrogens is 1220 g/mol. The van der Waals surface area contributed by atoms with E-state index in [4.69, 9.17) is 9.72 Å². The maximum atomic E-state index is 10.2. The summed E-state index contributed by atoms with van der Waals surface area (Å²) in [6, 6.07) is 58.6. The van der Waals surface area contributed by atoms with Gasteiger partial charge in [-0.3, -0.25) is 4.57 Å². The van der Waals surface area contributed by atoms with Crippen LogP contribution in [0.5, 0.6) is 11.5 Å². The van der Waals surface area contributed by atoms with Crippen molar-refractivity contribution in [2.45, 2.75) is 78.6 Å². The molecule has 0 aliphatic carbocycles. The minimum Gasteiger partial charge on any atom is -0.510 e. The van der Waals surface area contributed by atoms with E-state index in [9.17, 15) is 11.0 Å². The smallest absolute Gasteiger partial charge is 0.268 e. The van der Waals surface area contributed by atoms with Crippen LogP contribution in [0, 0.1) is 18.5 Å². The molecule has 0 atom stereocenters. The molecule has 0 amide bonds. The number of ether oxygens (including phenoxy) is 1. The quantitative estimate of drug-likeness (QED) is 0.123. The van der Waals surface area contributed by atoms with Gasteiger partial charge in [0, 0.05) is 55.1 Å². The molecule has 15 rings (SSSR count). The van der Waals surface area contributed by atoms with Gasteiger partial charge in [-0.15, -0.1) is 29.7 Å². The molecule has 1 aliphatic rings. The standard InChI is InChI=1S/C78H63N5O.Pt/c1-76(2,3)51-35-33-49(34-36-51)50-41-65-59-25-12-10-23-57(59)58-24-11-13-26-60(58)66-43-53(78(7,8)9)44-72(82-67-30-17-14-27-61(67)62-28-15-18-31-68(62)82)75(66)81-48-80(71(42-50)74(65)81)54-21-20-22-55(46-54)84-56-37-38-64-63-29-16-19-32-69(63)83(70(64)47-56)73-45-52(39-40-79-73)77(4,5)6;/h10-45H,1-9H3;/q-2;/i10D,11D,12D,13D,23D,24D,25D,26D;. The van der Waals surface area contributed by atoms with Crippen molar-refractivity contribution in [3.8, 4) is 78.9 Å². The molecule has 5 heterocycles. The van der Waals surface area contributed by atoms with E-state index in [1.807, 2.05) is 88.1 Å². The molecule has 0 saturated heterocycles. The Kier molecular flexibility index (Phi) is 10.7. The summed E-state index contributed by atoms with van der Waals surface area (Å²) < 4.78 is 93.1. The number of fused-ring (bicyclic) bond motifs is 13. The monoisotopic (exact) mass is 1290 g/mol. The van der Waals surface area contributed by atoms with Gasteiger partial charge in [0.1, 0.15) is 5.82 Å². The molecule has 6 nitrogen and oxygen atoms in total. The van der Waals surface area contributed by atoms with E-state index < -0.39 is 41.7 Å². The maximum Gasteiger partial charge on any atom is 0.268 e. The largest absolute Gasteiger partial charge is 0.510 e. The first-order valence-corrected chi connectivity index (χ1v) is 28.5. The Labute approximate surface area is 522 Å². The zero-order chi connectivity index (χ0) is 64.4. The molecule has 85 heavy (non-hydrogen) atoms. The second-order valence-electron chi connectivity index (χ2n) is 25.1. The van der Waals surface area contributed by atoms with E-state index in [0.717, 1.165) is 71.7 Å². The zero-order valence-corrected chi connectivity index (χ0v) is 50.9. The average molecular weight is 1290 g/mol. The van der Waals surface area contributed by atoms with Gasteiger partial charge in [-0.1, -0.05) is 207 Å². The summed E-state index contributed by atoms with van der Waals surface area (Å²) in [4.78, 5) is 4.90. The third-order valence-corrected chi connectivity index (χ3v) is 16.6. The van der Waals surface area contributed by atoms with E-state index in [1.165, 1.54) is 0 Å². The van der Waals surface area contributed by atoms with Gasteiger partial charge < -0.3 is 18.4 Å². The molecule has 0 saturated carbocycles. The zero-order valence-electron chi connectivity index (χ0n) is 56.6. The Hall–Kier alpha value is -9.09. The first-order valence-electron chi connectivity index (χ1n) is 32.5. The third-order valence-electron chi connectivity index (χ3n) is 16.6. The Morgan fingerprint density at radius 3 is 1.65 bits per heavy atom. The molecule has 0 N–H and O–H groups in total. The predicted octanol–water partition coefficient (Wildman–Crippen LogP) is 19.6.